The average Bonchev–Trinajstić information content (AvgIpc) is 3.37. The van der Waals surface area contributed by atoms with E-state index < -0.39 is 24.5 Å². The van der Waals surface area contributed by atoms with Gasteiger partial charge in [-0.2, -0.15) is 5.10 Å². The smallest absolute Gasteiger partial charge is 0.412 e. The van der Waals surface area contributed by atoms with Crippen LogP contribution in [0, 0.1) is 0 Å². The van der Waals surface area contributed by atoms with Crippen LogP contribution in [0.1, 0.15) is 47.8 Å². The highest BCUT2D eigenvalue weighted by atomic mass is 16.5. The molecule has 1 unspecified atom stereocenters. The predicted molar refractivity (Wildman–Crippen MR) is 130 cm³/mol. The van der Waals surface area contributed by atoms with Gasteiger partial charge in [-0.1, -0.05) is 55.5 Å². The number of fused-ring (bicyclic) bond motifs is 3. The molecule has 0 bridgehead atoms. The molecule has 182 valence electrons. The quantitative estimate of drug-likeness (QED) is 0.506. The Hall–Kier alpha value is -4.14. The fourth-order valence-corrected chi connectivity index (χ4v) is 4.37. The maximum atomic E-state index is 12.9. The van der Waals surface area contributed by atoms with Crippen molar-refractivity contribution in [2.75, 3.05) is 18.5 Å². The van der Waals surface area contributed by atoms with Gasteiger partial charge >= 0.3 is 12.1 Å². The second kappa shape index (κ2) is 10.0. The first-order valence-corrected chi connectivity index (χ1v) is 11.5. The fourth-order valence-electron chi connectivity index (χ4n) is 4.37. The summed E-state index contributed by atoms with van der Waals surface area (Å²) in [6.07, 6.45) is -0.0744. The Morgan fingerprint density at radius 3 is 2.29 bits per heavy atom. The van der Waals surface area contributed by atoms with E-state index >= 15 is 0 Å². The monoisotopic (exact) mass is 476 g/mol. The van der Waals surface area contributed by atoms with Crippen molar-refractivity contribution in [1.82, 2.24) is 14.7 Å². The van der Waals surface area contributed by atoms with Gasteiger partial charge in [-0.3, -0.25) is 19.6 Å². The van der Waals surface area contributed by atoms with E-state index in [2.05, 4.69) is 22.5 Å². The lowest BCUT2D eigenvalue weighted by atomic mass is 9.98. The molecule has 0 saturated carbocycles. The summed E-state index contributed by atoms with van der Waals surface area (Å²) < 4.78 is 6.91. The number of nitrogens with zero attached hydrogens (tertiary/aromatic N) is 3. The summed E-state index contributed by atoms with van der Waals surface area (Å²) in [5.41, 5.74) is 4.54. The first-order valence-electron chi connectivity index (χ1n) is 11.5. The number of hydrogen-bond donors (Lipinski definition) is 2. The molecular formula is C26H28N4O5. The molecule has 0 fully saturated rings. The summed E-state index contributed by atoms with van der Waals surface area (Å²) in [6, 6.07) is 17.3. The molecule has 2 aromatic carbocycles. The van der Waals surface area contributed by atoms with Gasteiger partial charge in [0.15, 0.2) is 5.69 Å². The summed E-state index contributed by atoms with van der Waals surface area (Å²) in [6.45, 7) is 3.37. The molecule has 1 aliphatic carbocycles. The third-order valence-electron chi connectivity index (χ3n) is 6.36. The van der Waals surface area contributed by atoms with Crippen molar-refractivity contribution in [3.63, 3.8) is 0 Å². The highest BCUT2D eigenvalue weighted by molar-refractivity contribution is 5.96. The van der Waals surface area contributed by atoms with Crippen molar-refractivity contribution in [2.24, 2.45) is 7.05 Å². The van der Waals surface area contributed by atoms with Gasteiger partial charge in [-0.15, -0.1) is 0 Å². The van der Waals surface area contributed by atoms with Gasteiger partial charge in [0.05, 0.1) is 0 Å². The zero-order valence-electron chi connectivity index (χ0n) is 19.9. The maximum Gasteiger partial charge on any atom is 0.412 e. The van der Waals surface area contributed by atoms with Crippen molar-refractivity contribution in [1.29, 1.82) is 0 Å². The number of aliphatic carboxylic acids is 1. The van der Waals surface area contributed by atoms with E-state index in [4.69, 9.17) is 4.74 Å². The zero-order chi connectivity index (χ0) is 25.1. The predicted octanol–water partition coefficient (Wildman–Crippen LogP) is 4.11. The van der Waals surface area contributed by atoms with Crippen LogP contribution in [0.4, 0.5) is 10.6 Å². The van der Waals surface area contributed by atoms with E-state index in [-0.39, 0.29) is 30.1 Å². The summed E-state index contributed by atoms with van der Waals surface area (Å²) >= 11 is 0. The number of rotatable bonds is 8. The first kappa shape index (κ1) is 24.0. The molecule has 0 spiro atoms. The number of anilines is 1. The Kier molecular flexibility index (Phi) is 6.86. The lowest BCUT2D eigenvalue weighted by molar-refractivity contribution is -0.138. The van der Waals surface area contributed by atoms with Crippen LogP contribution in [0.5, 0.6) is 0 Å². The van der Waals surface area contributed by atoms with Crippen molar-refractivity contribution < 1.29 is 24.2 Å². The van der Waals surface area contributed by atoms with E-state index in [0.717, 1.165) is 22.3 Å². The van der Waals surface area contributed by atoms with Gasteiger partial charge < -0.3 is 14.7 Å². The highest BCUT2D eigenvalue weighted by Gasteiger charge is 2.29. The number of nitrogens with one attached hydrogen (secondary N) is 1. The summed E-state index contributed by atoms with van der Waals surface area (Å²) in [7, 11) is 1.58. The van der Waals surface area contributed by atoms with Crippen molar-refractivity contribution in [3.8, 4) is 11.1 Å². The zero-order valence-corrected chi connectivity index (χ0v) is 19.9. The van der Waals surface area contributed by atoms with Gasteiger partial charge in [0.2, 0.25) is 0 Å². The second-order valence-corrected chi connectivity index (χ2v) is 8.57. The number of benzene rings is 2. The minimum Gasteiger partial charge on any atom is -0.480 e. The molecule has 2 N–H and O–H groups in total. The Balaban J connectivity index is 1.44. The Morgan fingerprint density at radius 2 is 1.71 bits per heavy atom. The number of amides is 2. The largest absolute Gasteiger partial charge is 0.480 e. The third-order valence-corrected chi connectivity index (χ3v) is 6.36. The van der Waals surface area contributed by atoms with Gasteiger partial charge in [-0.25, -0.2) is 4.79 Å². The molecule has 9 nitrogen and oxygen atoms in total. The van der Waals surface area contributed by atoms with E-state index in [0.29, 0.717) is 6.42 Å². The number of carbonyl (C=O) groups is 3. The fraction of sp³-hybridized carbons (Fsp3) is 0.308. The molecular weight excluding hydrogens is 448 g/mol. The molecule has 1 atom stereocenters. The number of aromatic nitrogens is 2. The lowest BCUT2D eigenvalue weighted by Crippen LogP contribution is -2.42. The van der Waals surface area contributed by atoms with E-state index in [1.165, 1.54) is 15.6 Å². The number of hydrogen-bond acceptors (Lipinski definition) is 5. The first-order chi connectivity index (χ1) is 16.8. The molecule has 9 heteroatoms. The van der Waals surface area contributed by atoms with Gasteiger partial charge in [0.25, 0.3) is 5.91 Å². The maximum absolute atomic E-state index is 12.9. The minimum atomic E-state index is -1.11. The van der Waals surface area contributed by atoms with Crippen LogP contribution in [0.2, 0.25) is 0 Å². The van der Waals surface area contributed by atoms with Crippen molar-refractivity contribution in [2.45, 2.75) is 32.2 Å². The lowest BCUT2D eigenvalue weighted by Gasteiger charge is -2.25. The molecule has 35 heavy (non-hydrogen) atoms. The molecule has 1 aromatic heterocycles. The SMILES string of the molecule is CCC(C)N(CC(=O)O)C(=O)c1cc(NC(=O)OCC2c3ccccc3-c3ccccc32)n(C)n1. The average molecular weight is 477 g/mol. The third kappa shape index (κ3) is 4.89. The molecule has 0 saturated heterocycles. The molecule has 1 heterocycles. The number of aryl methyl sites for hydroxylation is 1. The van der Waals surface area contributed by atoms with Gasteiger partial charge in [0, 0.05) is 25.1 Å². The van der Waals surface area contributed by atoms with Crippen LogP contribution in [-0.2, 0) is 16.6 Å². The van der Waals surface area contributed by atoms with Crippen LogP contribution in [0.25, 0.3) is 11.1 Å². The van der Waals surface area contributed by atoms with E-state index in [1.807, 2.05) is 43.3 Å². The van der Waals surface area contributed by atoms with Crippen molar-refractivity contribution >= 4 is 23.8 Å². The highest BCUT2D eigenvalue weighted by Crippen LogP contribution is 2.44. The summed E-state index contributed by atoms with van der Waals surface area (Å²) in [4.78, 5) is 38.0. The van der Waals surface area contributed by atoms with Crippen LogP contribution < -0.4 is 5.32 Å². The standard InChI is InChI=1S/C26H28N4O5/c1-4-16(2)30(14-24(31)32)25(33)22-13-23(29(3)28-22)27-26(34)35-15-21-19-11-7-5-9-17(19)18-10-6-8-12-20(18)21/h5-13,16,21H,4,14-15H2,1-3H3,(H,27,34)(H,31,32). The Morgan fingerprint density at radius 1 is 1.11 bits per heavy atom. The molecule has 4 rings (SSSR count). The van der Waals surface area contributed by atoms with Crippen LogP contribution in [0.15, 0.2) is 54.6 Å². The Labute approximate surface area is 203 Å². The molecule has 3 aromatic rings. The Bertz CT molecular complexity index is 1220. The molecule has 0 radical (unpaired) electrons. The van der Waals surface area contributed by atoms with E-state index in [9.17, 15) is 19.5 Å². The molecule has 1 aliphatic rings. The molecule has 0 aliphatic heterocycles. The summed E-state index contributed by atoms with van der Waals surface area (Å²) in [5, 5.41) is 16.0. The van der Waals surface area contributed by atoms with Crippen LogP contribution in [-0.4, -0.2) is 57.0 Å². The van der Waals surface area contributed by atoms with E-state index in [1.54, 1.807) is 14.0 Å². The second-order valence-electron chi connectivity index (χ2n) is 8.57. The normalized spacial score (nSPS) is 13.0. The number of carboxylic acids is 1. The number of carbonyl (C=O) groups excluding carboxylic acids is 2. The minimum absolute atomic E-state index is 0.0444. The molecule has 2 amide bonds. The van der Waals surface area contributed by atoms with Crippen molar-refractivity contribution in [3.05, 3.63) is 71.4 Å². The van der Waals surface area contributed by atoms with Crippen LogP contribution in [0.3, 0.4) is 0 Å². The van der Waals surface area contributed by atoms with Gasteiger partial charge in [0.1, 0.15) is 19.0 Å². The van der Waals surface area contributed by atoms with Gasteiger partial charge in [-0.05, 0) is 35.6 Å². The number of carboxylic acid groups (broad SMARTS) is 1. The summed E-state index contributed by atoms with van der Waals surface area (Å²) in [5.74, 6) is -1.42. The topological polar surface area (TPSA) is 114 Å². The van der Waals surface area contributed by atoms with Crippen LogP contribution >= 0.6 is 0 Å². The number of ether oxygens (including phenoxy) is 1.